The fraction of sp³-hybridized carbons (Fsp3) is 0.727. The molecule has 0 aliphatic heterocycles. The van der Waals surface area contributed by atoms with Crippen LogP contribution >= 0.6 is 0 Å². The fourth-order valence-corrected chi connectivity index (χ4v) is 2.06. The van der Waals surface area contributed by atoms with E-state index < -0.39 is 0 Å². The second-order valence-corrected chi connectivity index (χ2v) is 4.39. The Morgan fingerprint density at radius 3 is 2.93 bits per heavy atom. The summed E-state index contributed by atoms with van der Waals surface area (Å²) in [6, 6.07) is 0.134. The predicted molar refractivity (Wildman–Crippen MR) is 56.9 cm³/mol. The molecule has 0 spiro atoms. The van der Waals surface area contributed by atoms with Gasteiger partial charge >= 0.3 is 0 Å². The number of aromatic nitrogens is 2. The SMILES string of the molecule is CC(C)Oc1cnn(C2CCCC2O)c1. The quantitative estimate of drug-likeness (QED) is 0.826. The molecule has 2 rings (SSSR count). The minimum Gasteiger partial charge on any atom is -0.488 e. The summed E-state index contributed by atoms with van der Waals surface area (Å²) in [5.41, 5.74) is 0. The van der Waals surface area contributed by atoms with Gasteiger partial charge in [-0.15, -0.1) is 0 Å². The molecule has 1 aromatic heterocycles. The molecule has 0 aromatic carbocycles. The molecule has 15 heavy (non-hydrogen) atoms. The first-order chi connectivity index (χ1) is 7.16. The van der Waals surface area contributed by atoms with Crippen molar-refractivity contribution in [2.24, 2.45) is 0 Å². The summed E-state index contributed by atoms with van der Waals surface area (Å²) in [4.78, 5) is 0. The van der Waals surface area contributed by atoms with E-state index in [2.05, 4.69) is 5.10 Å². The maximum absolute atomic E-state index is 9.73. The summed E-state index contributed by atoms with van der Waals surface area (Å²) >= 11 is 0. The number of rotatable bonds is 3. The van der Waals surface area contributed by atoms with E-state index in [9.17, 15) is 5.11 Å². The van der Waals surface area contributed by atoms with Gasteiger partial charge in [0.25, 0.3) is 0 Å². The summed E-state index contributed by atoms with van der Waals surface area (Å²) in [6.07, 6.45) is 6.46. The highest BCUT2D eigenvalue weighted by molar-refractivity contribution is 5.13. The van der Waals surface area contributed by atoms with Crippen LogP contribution in [0.1, 0.15) is 39.2 Å². The number of nitrogens with zero attached hydrogens (tertiary/aromatic N) is 2. The first-order valence-corrected chi connectivity index (χ1v) is 5.55. The van der Waals surface area contributed by atoms with Gasteiger partial charge in [0.05, 0.1) is 30.6 Å². The monoisotopic (exact) mass is 210 g/mol. The lowest BCUT2D eigenvalue weighted by molar-refractivity contribution is 0.130. The van der Waals surface area contributed by atoms with Gasteiger partial charge in [-0.05, 0) is 33.1 Å². The Morgan fingerprint density at radius 1 is 1.53 bits per heavy atom. The third-order valence-corrected chi connectivity index (χ3v) is 2.73. The molecular weight excluding hydrogens is 192 g/mol. The Labute approximate surface area is 89.9 Å². The fourth-order valence-electron chi connectivity index (χ4n) is 2.06. The number of hydrogen-bond donors (Lipinski definition) is 1. The van der Waals surface area contributed by atoms with Gasteiger partial charge < -0.3 is 9.84 Å². The normalized spacial score (nSPS) is 26.1. The molecular formula is C11H18N2O2. The Morgan fingerprint density at radius 2 is 2.33 bits per heavy atom. The Balaban J connectivity index is 2.06. The van der Waals surface area contributed by atoms with Gasteiger partial charge in [-0.3, -0.25) is 4.68 Å². The lowest BCUT2D eigenvalue weighted by Crippen LogP contribution is -2.18. The minimum atomic E-state index is -0.253. The van der Waals surface area contributed by atoms with E-state index >= 15 is 0 Å². The molecule has 1 aliphatic rings. The van der Waals surface area contributed by atoms with Crippen LogP contribution < -0.4 is 4.74 Å². The smallest absolute Gasteiger partial charge is 0.157 e. The average molecular weight is 210 g/mol. The molecule has 84 valence electrons. The number of ether oxygens (including phenoxy) is 1. The minimum absolute atomic E-state index is 0.134. The topological polar surface area (TPSA) is 47.3 Å². The highest BCUT2D eigenvalue weighted by Gasteiger charge is 2.27. The van der Waals surface area contributed by atoms with Crippen molar-refractivity contribution in [3.8, 4) is 5.75 Å². The molecule has 2 unspecified atom stereocenters. The van der Waals surface area contributed by atoms with Gasteiger partial charge in [0.1, 0.15) is 0 Å². The third-order valence-electron chi connectivity index (χ3n) is 2.73. The zero-order valence-electron chi connectivity index (χ0n) is 9.26. The zero-order valence-corrected chi connectivity index (χ0v) is 9.26. The van der Waals surface area contributed by atoms with E-state index in [4.69, 9.17) is 4.74 Å². The van der Waals surface area contributed by atoms with Crippen molar-refractivity contribution >= 4 is 0 Å². The highest BCUT2D eigenvalue weighted by Crippen LogP contribution is 2.30. The molecule has 1 N–H and O–H groups in total. The molecule has 4 nitrogen and oxygen atoms in total. The number of aliphatic hydroxyl groups excluding tert-OH is 1. The second-order valence-electron chi connectivity index (χ2n) is 4.39. The molecule has 1 heterocycles. The van der Waals surface area contributed by atoms with E-state index in [1.165, 1.54) is 0 Å². The van der Waals surface area contributed by atoms with E-state index in [0.717, 1.165) is 25.0 Å². The Bertz CT molecular complexity index is 322. The number of aliphatic hydroxyl groups is 1. The van der Waals surface area contributed by atoms with Gasteiger partial charge in [-0.2, -0.15) is 5.10 Å². The molecule has 2 atom stereocenters. The summed E-state index contributed by atoms with van der Waals surface area (Å²) in [5, 5.41) is 14.0. The summed E-state index contributed by atoms with van der Waals surface area (Å²) in [6.45, 7) is 3.98. The van der Waals surface area contributed by atoms with Crippen LogP contribution in [0, 0.1) is 0 Å². The van der Waals surface area contributed by atoms with Crippen LogP contribution in [0.25, 0.3) is 0 Å². The molecule has 0 bridgehead atoms. The van der Waals surface area contributed by atoms with Crippen molar-refractivity contribution < 1.29 is 9.84 Å². The molecule has 0 amide bonds. The van der Waals surface area contributed by atoms with Crippen LogP contribution in [-0.2, 0) is 0 Å². The average Bonchev–Trinajstić information content (AvgIpc) is 2.72. The van der Waals surface area contributed by atoms with Gasteiger partial charge in [0, 0.05) is 0 Å². The van der Waals surface area contributed by atoms with Crippen molar-refractivity contribution in [2.75, 3.05) is 0 Å². The van der Waals surface area contributed by atoms with Crippen LogP contribution in [0.5, 0.6) is 5.75 Å². The first-order valence-electron chi connectivity index (χ1n) is 5.55. The van der Waals surface area contributed by atoms with Crippen molar-refractivity contribution in [2.45, 2.75) is 51.4 Å². The van der Waals surface area contributed by atoms with Crippen LogP contribution in [-0.4, -0.2) is 27.1 Å². The van der Waals surface area contributed by atoms with Crippen LogP contribution in [0.15, 0.2) is 12.4 Å². The zero-order chi connectivity index (χ0) is 10.8. The summed E-state index contributed by atoms with van der Waals surface area (Å²) < 4.78 is 7.35. The first kappa shape index (κ1) is 10.5. The van der Waals surface area contributed by atoms with Gasteiger partial charge in [-0.25, -0.2) is 0 Å². The number of hydrogen-bond acceptors (Lipinski definition) is 3. The maximum Gasteiger partial charge on any atom is 0.157 e. The van der Waals surface area contributed by atoms with Crippen LogP contribution in [0.4, 0.5) is 0 Å². The van der Waals surface area contributed by atoms with Gasteiger partial charge in [-0.1, -0.05) is 0 Å². The summed E-state index contributed by atoms with van der Waals surface area (Å²) in [7, 11) is 0. The van der Waals surface area contributed by atoms with Crippen molar-refractivity contribution in [1.29, 1.82) is 0 Å². The van der Waals surface area contributed by atoms with E-state index in [1.807, 2.05) is 24.7 Å². The third kappa shape index (κ3) is 2.31. The molecule has 1 saturated carbocycles. The predicted octanol–water partition coefficient (Wildman–Crippen LogP) is 1.76. The van der Waals surface area contributed by atoms with Crippen LogP contribution in [0.2, 0.25) is 0 Å². The Hall–Kier alpha value is -1.03. The maximum atomic E-state index is 9.73. The second kappa shape index (κ2) is 4.23. The molecule has 0 saturated heterocycles. The van der Waals surface area contributed by atoms with Crippen molar-refractivity contribution in [1.82, 2.24) is 9.78 Å². The summed E-state index contributed by atoms with van der Waals surface area (Å²) in [5.74, 6) is 0.782. The van der Waals surface area contributed by atoms with E-state index in [0.29, 0.717) is 0 Å². The van der Waals surface area contributed by atoms with E-state index in [1.54, 1.807) is 6.20 Å². The molecule has 4 heteroatoms. The highest BCUT2D eigenvalue weighted by atomic mass is 16.5. The van der Waals surface area contributed by atoms with Gasteiger partial charge in [0.2, 0.25) is 0 Å². The van der Waals surface area contributed by atoms with Crippen LogP contribution in [0.3, 0.4) is 0 Å². The molecule has 1 aliphatic carbocycles. The lowest BCUT2D eigenvalue weighted by atomic mass is 10.2. The molecule has 1 fully saturated rings. The lowest BCUT2D eigenvalue weighted by Gasteiger charge is -2.14. The van der Waals surface area contributed by atoms with Crippen molar-refractivity contribution in [3.05, 3.63) is 12.4 Å². The largest absolute Gasteiger partial charge is 0.488 e. The molecule has 1 aromatic rings. The van der Waals surface area contributed by atoms with Gasteiger partial charge in [0.15, 0.2) is 5.75 Å². The van der Waals surface area contributed by atoms with Crippen molar-refractivity contribution in [3.63, 3.8) is 0 Å². The standard InChI is InChI=1S/C11H18N2O2/c1-8(2)15-9-6-12-13(7-9)10-4-3-5-11(10)14/h6-8,10-11,14H,3-5H2,1-2H3. The Kier molecular flexibility index (Phi) is 2.95. The molecule has 0 radical (unpaired) electrons. The van der Waals surface area contributed by atoms with E-state index in [-0.39, 0.29) is 18.2 Å².